The van der Waals surface area contributed by atoms with Gasteiger partial charge in [0.1, 0.15) is 6.10 Å². The molecule has 9 nitrogen and oxygen atoms in total. The Kier molecular flexibility index (Phi) is 5.94. The number of aromatic nitrogens is 2. The van der Waals surface area contributed by atoms with Crippen LogP contribution in [-0.2, 0) is 10.0 Å². The van der Waals surface area contributed by atoms with E-state index >= 15 is 0 Å². The maximum absolute atomic E-state index is 13.4. The number of aryl methyl sites for hydroxylation is 2. The van der Waals surface area contributed by atoms with E-state index in [-0.39, 0.29) is 34.8 Å². The summed E-state index contributed by atoms with van der Waals surface area (Å²) in [6, 6.07) is 13.4. The Balaban J connectivity index is 1.70. The van der Waals surface area contributed by atoms with E-state index in [0.717, 1.165) is 16.7 Å². The predicted octanol–water partition coefficient (Wildman–Crippen LogP) is 2.76. The number of hydrogen-bond donors (Lipinski definition) is 2. The van der Waals surface area contributed by atoms with Crippen molar-refractivity contribution in [1.29, 1.82) is 0 Å². The van der Waals surface area contributed by atoms with Crippen molar-refractivity contribution in [3.05, 3.63) is 65.2 Å². The zero-order valence-electron chi connectivity index (χ0n) is 19.8. The lowest BCUT2D eigenvalue weighted by atomic mass is 10.00. The van der Waals surface area contributed by atoms with E-state index < -0.39 is 10.0 Å². The van der Waals surface area contributed by atoms with E-state index in [1.54, 1.807) is 23.1 Å². The molecule has 0 aliphatic carbocycles. The number of likely N-dealkylation sites (N-methyl/N-ethyl adjacent to an activating group) is 1. The molecule has 1 fully saturated rings. The van der Waals surface area contributed by atoms with E-state index in [2.05, 4.69) is 20.0 Å². The smallest absolute Gasteiger partial charge is 0.264 e. The van der Waals surface area contributed by atoms with Crippen LogP contribution in [0.3, 0.4) is 0 Å². The van der Waals surface area contributed by atoms with Crippen molar-refractivity contribution in [3.63, 3.8) is 0 Å². The van der Waals surface area contributed by atoms with Gasteiger partial charge in [-0.25, -0.2) is 18.1 Å². The van der Waals surface area contributed by atoms with Crippen molar-refractivity contribution in [2.75, 3.05) is 24.4 Å². The SMILES string of the molecule is CCN1C(=O)c2cccc(c2)S(=O)(=O)Nc2nc(cc(-c3c(C)cccc3C)n2)O[C@@H]2CNC[C@H]21. The molecular weight excluding hydrogens is 466 g/mol. The third-order valence-electron chi connectivity index (χ3n) is 6.46. The Labute approximate surface area is 204 Å². The molecule has 10 heteroatoms. The summed E-state index contributed by atoms with van der Waals surface area (Å²) < 4.78 is 35.3. The number of nitrogens with one attached hydrogen (secondary N) is 2. The maximum atomic E-state index is 13.4. The lowest BCUT2D eigenvalue weighted by Crippen LogP contribution is -2.48. The summed E-state index contributed by atoms with van der Waals surface area (Å²) in [5, 5.41) is 3.31. The van der Waals surface area contributed by atoms with Crippen LogP contribution in [0.1, 0.15) is 28.4 Å². The number of sulfonamides is 1. The number of anilines is 1. The minimum atomic E-state index is -4.06. The Bertz CT molecular complexity index is 1390. The molecule has 1 saturated heterocycles. The fourth-order valence-electron chi connectivity index (χ4n) is 4.77. The summed E-state index contributed by atoms with van der Waals surface area (Å²) in [4.78, 5) is 24.0. The van der Waals surface area contributed by atoms with Gasteiger partial charge in [0.2, 0.25) is 11.8 Å². The Hall–Kier alpha value is -3.50. The highest BCUT2D eigenvalue weighted by atomic mass is 32.2. The number of nitrogens with zero attached hydrogens (tertiary/aromatic N) is 3. The summed E-state index contributed by atoms with van der Waals surface area (Å²) in [6.07, 6.45) is -0.368. The van der Waals surface area contributed by atoms with Crippen LogP contribution in [0.2, 0.25) is 0 Å². The fourth-order valence-corrected chi connectivity index (χ4v) is 5.76. The molecule has 1 aromatic heterocycles. The van der Waals surface area contributed by atoms with Gasteiger partial charge in [-0.15, -0.1) is 0 Å². The monoisotopic (exact) mass is 493 g/mol. The van der Waals surface area contributed by atoms with Gasteiger partial charge in [-0.05, 0) is 50.1 Å². The molecule has 2 aromatic carbocycles. The molecular formula is C25H27N5O4S. The van der Waals surface area contributed by atoms with Gasteiger partial charge < -0.3 is 15.0 Å². The van der Waals surface area contributed by atoms with Crippen LogP contribution in [-0.4, -0.2) is 61.0 Å². The second-order valence-corrected chi connectivity index (χ2v) is 10.5. The Morgan fingerprint density at radius 3 is 2.54 bits per heavy atom. The quantitative estimate of drug-likeness (QED) is 0.564. The van der Waals surface area contributed by atoms with E-state index in [0.29, 0.717) is 30.9 Å². The lowest BCUT2D eigenvalue weighted by molar-refractivity contribution is 0.0559. The first-order valence-corrected chi connectivity index (χ1v) is 13.0. The molecule has 2 aliphatic rings. The molecule has 2 atom stereocenters. The molecule has 182 valence electrons. The second-order valence-electron chi connectivity index (χ2n) is 8.79. The van der Waals surface area contributed by atoms with Gasteiger partial charge in [-0.1, -0.05) is 24.3 Å². The molecule has 2 aliphatic heterocycles. The summed E-state index contributed by atoms with van der Waals surface area (Å²) in [5.74, 6) is -0.102. The molecule has 0 unspecified atom stereocenters. The van der Waals surface area contributed by atoms with Crippen LogP contribution in [0.15, 0.2) is 53.4 Å². The predicted molar refractivity (Wildman–Crippen MR) is 132 cm³/mol. The number of rotatable bonds is 2. The van der Waals surface area contributed by atoms with Gasteiger partial charge in [-0.3, -0.25) is 4.79 Å². The average Bonchev–Trinajstić information content (AvgIpc) is 3.26. The van der Waals surface area contributed by atoms with Gasteiger partial charge >= 0.3 is 0 Å². The molecule has 3 heterocycles. The highest BCUT2D eigenvalue weighted by Gasteiger charge is 2.37. The van der Waals surface area contributed by atoms with Gasteiger partial charge in [0.05, 0.1) is 16.6 Å². The number of ether oxygens (including phenoxy) is 1. The first-order valence-electron chi connectivity index (χ1n) is 11.5. The summed E-state index contributed by atoms with van der Waals surface area (Å²) in [7, 11) is -4.06. The minimum absolute atomic E-state index is 0.0386. The summed E-state index contributed by atoms with van der Waals surface area (Å²) in [5.41, 5.74) is 3.73. The van der Waals surface area contributed by atoms with Crippen LogP contribution in [0.4, 0.5) is 5.95 Å². The van der Waals surface area contributed by atoms with Crippen molar-refractivity contribution in [3.8, 4) is 17.1 Å². The third kappa shape index (κ3) is 4.35. The average molecular weight is 494 g/mol. The van der Waals surface area contributed by atoms with Gasteiger partial charge in [0.15, 0.2) is 0 Å². The number of hydrogen-bond acceptors (Lipinski definition) is 7. The molecule has 0 radical (unpaired) electrons. The van der Waals surface area contributed by atoms with E-state index in [1.165, 1.54) is 12.1 Å². The van der Waals surface area contributed by atoms with Crippen molar-refractivity contribution in [1.82, 2.24) is 20.2 Å². The molecule has 35 heavy (non-hydrogen) atoms. The van der Waals surface area contributed by atoms with Gasteiger partial charge in [-0.2, -0.15) is 4.98 Å². The van der Waals surface area contributed by atoms with Crippen molar-refractivity contribution in [2.24, 2.45) is 0 Å². The normalized spacial score (nSPS) is 21.1. The standard InChI is InChI=1S/C25H27N5O4S/c1-4-30-20-13-26-14-21(20)34-22-12-19(23-15(2)7-5-8-16(23)3)27-25(28-22)29-35(32,33)18-10-6-9-17(11-18)24(30)31/h5-12,20-21,26H,4,13-14H2,1-3H3,(H,27,28,29)/t20-,21-/m1/s1. The first kappa shape index (κ1) is 23.3. The minimum Gasteiger partial charge on any atom is -0.471 e. The number of benzene rings is 2. The van der Waals surface area contributed by atoms with Crippen LogP contribution in [0.5, 0.6) is 5.88 Å². The second kappa shape index (κ2) is 8.94. The van der Waals surface area contributed by atoms with E-state index in [1.807, 2.05) is 39.0 Å². The lowest BCUT2D eigenvalue weighted by Gasteiger charge is -2.31. The number of carbonyl (C=O) groups is 1. The van der Waals surface area contributed by atoms with Gasteiger partial charge in [0.25, 0.3) is 15.9 Å². The topological polar surface area (TPSA) is 114 Å². The van der Waals surface area contributed by atoms with Gasteiger partial charge in [0, 0.05) is 36.8 Å². The van der Waals surface area contributed by atoms with Crippen LogP contribution in [0.25, 0.3) is 11.3 Å². The fraction of sp³-hybridized carbons (Fsp3) is 0.320. The number of fused-ring (bicyclic) bond motifs is 5. The van der Waals surface area contributed by atoms with Crippen molar-refractivity contribution >= 4 is 21.9 Å². The van der Waals surface area contributed by atoms with Crippen molar-refractivity contribution in [2.45, 2.75) is 37.8 Å². The highest BCUT2D eigenvalue weighted by Crippen LogP contribution is 2.31. The number of amides is 1. The zero-order valence-corrected chi connectivity index (χ0v) is 20.6. The molecule has 5 rings (SSSR count). The molecule has 1 amide bonds. The third-order valence-corrected chi connectivity index (χ3v) is 7.78. The largest absolute Gasteiger partial charge is 0.471 e. The molecule has 3 aromatic rings. The Morgan fingerprint density at radius 2 is 1.80 bits per heavy atom. The van der Waals surface area contributed by atoms with Crippen molar-refractivity contribution < 1.29 is 17.9 Å². The van der Waals surface area contributed by atoms with E-state index in [4.69, 9.17) is 4.74 Å². The number of carbonyl (C=O) groups excluding carboxylic acids is 1. The Morgan fingerprint density at radius 1 is 1.06 bits per heavy atom. The van der Waals surface area contributed by atoms with Crippen LogP contribution in [0, 0.1) is 13.8 Å². The molecule has 0 saturated carbocycles. The maximum Gasteiger partial charge on any atom is 0.264 e. The molecule has 2 N–H and O–H groups in total. The highest BCUT2D eigenvalue weighted by molar-refractivity contribution is 7.92. The van der Waals surface area contributed by atoms with Crippen LogP contribution < -0.4 is 14.8 Å². The first-order chi connectivity index (χ1) is 16.8. The van der Waals surface area contributed by atoms with E-state index in [9.17, 15) is 13.2 Å². The van der Waals surface area contributed by atoms with Crippen LogP contribution >= 0.6 is 0 Å². The summed E-state index contributed by atoms with van der Waals surface area (Å²) >= 11 is 0. The summed E-state index contributed by atoms with van der Waals surface area (Å²) in [6.45, 7) is 7.38. The molecule has 4 bridgehead atoms. The zero-order chi connectivity index (χ0) is 24.7. The molecule has 0 spiro atoms.